The van der Waals surface area contributed by atoms with Gasteiger partial charge in [-0.15, -0.1) is 0 Å². The summed E-state index contributed by atoms with van der Waals surface area (Å²) < 4.78 is 0. The molecule has 0 bridgehead atoms. The number of nitrogens with zero attached hydrogens (tertiary/aromatic N) is 1. The summed E-state index contributed by atoms with van der Waals surface area (Å²) in [6.45, 7) is 11.4. The van der Waals surface area contributed by atoms with Crippen LogP contribution in [-0.4, -0.2) is 49.8 Å². The summed E-state index contributed by atoms with van der Waals surface area (Å²) in [7, 11) is 2.03. The van der Waals surface area contributed by atoms with Gasteiger partial charge in [0.05, 0.1) is 0 Å². The molecule has 3 nitrogen and oxygen atoms in total. The van der Waals surface area contributed by atoms with Crippen LogP contribution >= 0.6 is 0 Å². The highest BCUT2D eigenvalue weighted by Crippen LogP contribution is 2.23. The Morgan fingerprint density at radius 1 is 1.31 bits per heavy atom. The van der Waals surface area contributed by atoms with Crippen molar-refractivity contribution in [3.05, 3.63) is 0 Å². The first-order chi connectivity index (χ1) is 7.61. The number of nitrogens with one attached hydrogen (secondary N) is 1. The maximum atomic E-state index is 8.88. The standard InChI is InChI=1S/C13H30N2O/c1-5-8-13(3,11-14-4)12-15(6-2)9-7-10-16/h14,16H,5-12H2,1-4H3. The smallest absolute Gasteiger partial charge is 0.0443 e. The van der Waals surface area contributed by atoms with Crippen molar-refractivity contribution in [2.45, 2.75) is 40.0 Å². The summed E-state index contributed by atoms with van der Waals surface area (Å²) in [5.74, 6) is 0. The molecule has 0 saturated heterocycles. The molecule has 98 valence electrons. The second kappa shape index (κ2) is 8.97. The number of hydrogen-bond acceptors (Lipinski definition) is 3. The van der Waals surface area contributed by atoms with Crippen LogP contribution in [0.5, 0.6) is 0 Å². The molecule has 2 N–H and O–H groups in total. The van der Waals surface area contributed by atoms with Gasteiger partial charge >= 0.3 is 0 Å². The molecule has 0 amide bonds. The van der Waals surface area contributed by atoms with Crippen LogP contribution in [0.1, 0.15) is 40.0 Å². The molecular formula is C13H30N2O. The fourth-order valence-corrected chi connectivity index (χ4v) is 2.44. The van der Waals surface area contributed by atoms with Crippen molar-refractivity contribution in [1.82, 2.24) is 10.2 Å². The Morgan fingerprint density at radius 3 is 2.44 bits per heavy atom. The summed E-state index contributed by atoms with van der Waals surface area (Å²) in [4.78, 5) is 2.45. The van der Waals surface area contributed by atoms with E-state index in [1.165, 1.54) is 12.8 Å². The molecule has 0 aliphatic rings. The van der Waals surface area contributed by atoms with Gasteiger partial charge in [-0.25, -0.2) is 0 Å². The van der Waals surface area contributed by atoms with Gasteiger partial charge in [0.2, 0.25) is 0 Å². The van der Waals surface area contributed by atoms with Gasteiger partial charge in [0.15, 0.2) is 0 Å². The first-order valence-electron chi connectivity index (χ1n) is 6.59. The lowest BCUT2D eigenvalue weighted by Crippen LogP contribution is -2.42. The van der Waals surface area contributed by atoms with E-state index in [1.54, 1.807) is 0 Å². The lowest BCUT2D eigenvalue weighted by Gasteiger charge is -2.35. The predicted molar refractivity (Wildman–Crippen MR) is 70.8 cm³/mol. The molecule has 0 radical (unpaired) electrons. The van der Waals surface area contributed by atoms with Crippen LogP contribution in [-0.2, 0) is 0 Å². The zero-order valence-corrected chi connectivity index (χ0v) is 11.6. The van der Waals surface area contributed by atoms with E-state index in [-0.39, 0.29) is 0 Å². The predicted octanol–water partition coefficient (Wildman–Crippen LogP) is 1.72. The summed E-state index contributed by atoms with van der Waals surface area (Å²) in [6.07, 6.45) is 3.37. The number of hydrogen-bond donors (Lipinski definition) is 2. The topological polar surface area (TPSA) is 35.5 Å². The molecule has 0 aromatic rings. The van der Waals surface area contributed by atoms with Crippen LogP contribution in [0.2, 0.25) is 0 Å². The Labute approximate surface area is 101 Å². The molecule has 1 unspecified atom stereocenters. The van der Waals surface area contributed by atoms with Gasteiger partial charge in [0, 0.05) is 26.2 Å². The average Bonchev–Trinajstić information content (AvgIpc) is 2.25. The third-order valence-electron chi connectivity index (χ3n) is 3.14. The third kappa shape index (κ3) is 6.46. The second-order valence-corrected chi connectivity index (χ2v) is 5.04. The molecule has 3 heteroatoms. The maximum Gasteiger partial charge on any atom is 0.0443 e. The van der Waals surface area contributed by atoms with Crippen LogP contribution in [0, 0.1) is 5.41 Å². The lowest BCUT2D eigenvalue weighted by molar-refractivity contribution is 0.146. The molecular weight excluding hydrogens is 200 g/mol. The molecule has 0 saturated carbocycles. The van der Waals surface area contributed by atoms with Crippen molar-refractivity contribution >= 4 is 0 Å². The van der Waals surface area contributed by atoms with Gasteiger partial charge in [0.1, 0.15) is 0 Å². The van der Waals surface area contributed by atoms with Crippen molar-refractivity contribution in [3.63, 3.8) is 0 Å². The third-order valence-corrected chi connectivity index (χ3v) is 3.14. The van der Waals surface area contributed by atoms with Gasteiger partial charge in [-0.1, -0.05) is 27.2 Å². The lowest BCUT2D eigenvalue weighted by atomic mass is 9.84. The monoisotopic (exact) mass is 230 g/mol. The Morgan fingerprint density at radius 2 is 2.00 bits per heavy atom. The van der Waals surface area contributed by atoms with Gasteiger partial charge < -0.3 is 15.3 Å². The molecule has 0 aromatic heterocycles. The molecule has 0 fully saturated rings. The van der Waals surface area contributed by atoms with Gasteiger partial charge in [-0.05, 0) is 31.8 Å². The zero-order valence-electron chi connectivity index (χ0n) is 11.6. The molecule has 0 aliphatic carbocycles. The van der Waals surface area contributed by atoms with E-state index in [9.17, 15) is 0 Å². The van der Waals surface area contributed by atoms with Crippen molar-refractivity contribution in [2.24, 2.45) is 5.41 Å². The minimum atomic E-state index is 0.299. The fraction of sp³-hybridized carbons (Fsp3) is 1.00. The van der Waals surface area contributed by atoms with E-state index in [0.717, 1.165) is 32.6 Å². The molecule has 16 heavy (non-hydrogen) atoms. The highest BCUT2D eigenvalue weighted by atomic mass is 16.3. The van der Waals surface area contributed by atoms with E-state index in [0.29, 0.717) is 12.0 Å². The van der Waals surface area contributed by atoms with Crippen molar-refractivity contribution in [1.29, 1.82) is 0 Å². The first-order valence-corrected chi connectivity index (χ1v) is 6.59. The Kier molecular flexibility index (Phi) is 8.90. The number of aliphatic hydroxyl groups excluding tert-OH is 1. The van der Waals surface area contributed by atoms with Crippen LogP contribution in [0.4, 0.5) is 0 Å². The Bertz CT molecular complexity index is 156. The normalized spacial score (nSPS) is 15.4. The second-order valence-electron chi connectivity index (χ2n) is 5.04. The molecule has 0 spiro atoms. The zero-order chi connectivity index (χ0) is 12.4. The Balaban J connectivity index is 4.21. The fourth-order valence-electron chi connectivity index (χ4n) is 2.44. The van der Waals surface area contributed by atoms with E-state index in [1.807, 2.05) is 7.05 Å². The van der Waals surface area contributed by atoms with E-state index in [2.05, 4.69) is 31.0 Å². The average molecular weight is 230 g/mol. The van der Waals surface area contributed by atoms with E-state index >= 15 is 0 Å². The summed E-state index contributed by atoms with van der Waals surface area (Å²) in [6, 6.07) is 0. The summed E-state index contributed by atoms with van der Waals surface area (Å²) in [5, 5.41) is 12.2. The van der Waals surface area contributed by atoms with Crippen molar-refractivity contribution in [3.8, 4) is 0 Å². The minimum absolute atomic E-state index is 0.299. The highest BCUT2D eigenvalue weighted by molar-refractivity contribution is 4.79. The molecule has 1 atom stereocenters. The van der Waals surface area contributed by atoms with Crippen LogP contribution in [0.15, 0.2) is 0 Å². The van der Waals surface area contributed by atoms with E-state index < -0.39 is 0 Å². The van der Waals surface area contributed by atoms with Crippen molar-refractivity contribution < 1.29 is 5.11 Å². The maximum absolute atomic E-state index is 8.88. The summed E-state index contributed by atoms with van der Waals surface area (Å²) >= 11 is 0. The van der Waals surface area contributed by atoms with E-state index in [4.69, 9.17) is 5.11 Å². The largest absolute Gasteiger partial charge is 0.396 e. The molecule has 0 aromatic carbocycles. The SMILES string of the molecule is CCCC(C)(CNC)CN(CC)CCCO. The van der Waals surface area contributed by atoms with Crippen LogP contribution in [0.25, 0.3) is 0 Å². The number of rotatable bonds is 10. The van der Waals surface area contributed by atoms with Gasteiger partial charge in [-0.2, -0.15) is 0 Å². The molecule has 0 heterocycles. The van der Waals surface area contributed by atoms with Gasteiger partial charge in [-0.3, -0.25) is 0 Å². The highest BCUT2D eigenvalue weighted by Gasteiger charge is 2.24. The number of aliphatic hydroxyl groups is 1. The minimum Gasteiger partial charge on any atom is -0.396 e. The van der Waals surface area contributed by atoms with Gasteiger partial charge in [0.25, 0.3) is 0 Å². The van der Waals surface area contributed by atoms with Crippen LogP contribution < -0.4 is 5.32 Å². The summed E-state index contributed by atoms with van der Waals surface area (Å²) in [5.41, 5.74) is 0.356. The quantitative estimate of drug-likeness (QED) is 0.600. The van der Waals surface area contributed by atoms with Crippen LogP contribution in [0.3, 0.4) is 0 Å². The van der Waals surface area contributed by atoms with Crippen molar-refractivity contribution in [2.75, 3.05) is 39.8 Å². The first kappa shape index (κ1) is 15.9. The Hall–Kier alpha value is -0.120. The molecule has 0 rings (SSSR count). The molecule has 0 aliphatic heterocycles.